The Labute approximate surface area is 159 Å². The van der Waals surface area contributed by atoms with Gasteiger partial charge in [-0.15, -0.1) is 0 Å². The molecule has 1 aromatic carbocycles. The Kier molecular flexibility index (Phi) is 4.44. The minimum atomic E-state index is -0.614. The van der Waals surface area contributed by atoms with E-state index in [2.05, 4.69) is 20.0 Å². The Morgan fingerprint density at radius 3 is 2.64 bits per heavy atom. The normalized spacial score (nSPS) is 10.9. The van der Waals surface area contributed by atoms with Crippen molar-refractivity contribution in [1.29, 1.82) is 0 Å². The van der Waals surface area contributed by atoms with Crippen molar-refractivity contribution in [3.05, 3.63) is 82.0 Å². The number of H-pyrrole nitrogens is 1. The molecule has 0 bridgehead atoms. The van der Waals surface area contributed by atoms with Crippen molar-refractivity contribution in [3.8, 4) is 11.4 Å². The number of benzene rings is 1. The molecule has 3 aromatic heterocycles. The van der Waals surface area contributed by atoms with Gasteiger partial charge in [0.2, 0.25) is 0 Å². The molecule has 0 unspecified atom stereocenters. The van der Waals surface area contributed by atoms with Crippen LogP contribution in [0.1, 0.15) is 27.5 Å². The first-order valence-electron chi connectivity index (χ1n) is 8.68. The molecule has 8 heteroatoms. The number of furan rings is 1. The van der Waals surface area contributed by atoms with Gasteiger partial charge in [0.05, 0.1) is 18.4 Å². The molecule has 0 aliphatic heterocycles. The van der Waals surface area contributed by atoms with Crippen LogP contribution < -0.4 is 11.1 Å². The summed E-state index contributed by atoms with van der Waals surface area (Å²) in [5, 5.41) is 6.53. The van der Waals surface area contributed by atoms with Crippen LogP contribution in [0.4, 0.5) is 5.69 Å². The first kappa shape index (κ1) is 17.6. The van der Waals surface area contributed by atoms with Gasteiger partial charge in [-0.1, -0.05) is 5.16 Å². The van der Waals surface area contributed by atoms with Crippen LogP contribution in [0, 0.1) is 13.8 Å². The molecule has 2 N–H and O–H groups in total. The number of nitrogens with zero attached hydrogens (tertiary/aromatic N) is 2. The highest BCUT2D eigenvalue weighted by Crippen LogP contribution is 2.21. The van der Waals surface area contributed by atoms with Gasteiger partial charge in [-0.2, -0.15) is 0 Å². The average Bonchev–Trinajstić information content (AvgIpc) is 3.40. The standard InChI is InChI=1S/C20H18N4O4/c1-12-10-17(13(2)24(12)11-16-4-3-9-27-16)19(25)21-15-7-5-14(6-8-15)18-22-20(26)28-23-18/h3-10H,11H2,1-2H3,(H,21,25)(H,22,23,26). The van der Waals surface area contributed by atoms with Gasteiger partial charge in [-0.3, -0.25) is 14.3 Å². The third kappa shape index (κ3) is 3.39. The lowest BCUT2D eigenvalue weighted by Gasteiger charge is -2.09. The van der Waals surface area contributed by atoms with E-state index in [0.29, 0.717) is 29.2 Å². The molecule has 0 radical (unpaired) electrons. The molecule has 4 rings (SSSR count). The maximum Gasteiger partial charge on any atom is 0.439 e. The van der Waals surface area contributed by atoms with Crippen molar-refractivity contribution in [2.45, 2.75) is 20.4 Å². The summed E-state index contributed by atoms with van der Waals surface area (Å²) in [6.07, 6.45) is 1.63. The quantitative estimate of drug-likeness (QED) is 0.554. The zero-order chi connectivity index (χ0) is 19.7. The molecule has 8 nitrogen and oxygen atoms in total. The lowest BCUT2D eigenvalue weighted by molar-refractivity contribution is 0.102. The molecular formula is C20H18N4O4. The molecule has 0 aliphatic carbocycles. The number of aromatic amines is 1. The number of aryl methyl sites for hydroxylation is 1. The third-order valence-corrected chi connectivity index (χ3v) is 4.57. The van der Waals surface area contributed by atoms with Crippen LogP contribution in [0.15, 0.2) is 62.5 Å². The Bertz CT molecular complexity index is 1160. The second-order valence-corrected chi connectivity index (χ2v) is 6.43. The van der Waals surface area contributed by atoms with Crippen molar-refractivity contribution in [2.75, 3.05) is 5.32 Å². The molecule has 0 spiro atoms. The van der Waals surface area contributed by atoms with Crippen LogP contribution in [0.5, 0.6) is 0 Å². The largest absolute Gasteiger partial charge is 0.467 e. The minimum absolute atomic E-state index is 0.193. The molecule has 142 valence electrons. The Morgan fingerprint density at radius 1 is 1.21 bits per heavy atom. The molecule has 0 saturated carbocycles. The van der Waals surface area contributed by atoms with Crippen LogP contribution in [0.25, 0.3) is 11.4 Å². The molecule has 0 saturated heterocycles. The van der Waals surface area contributed by atoms with E-state index in [1.54, 1.807) is 30.5 Å². The summed E-state index contributed by atoms with van der Waals surface area (Å²) in [5.41, 5.74) is 3.76. The summed E-state index contributed by atoms with van der Waals surface area (Å²) in [6.45, 7) is 4.44. The summed E-state index contributed by atoms with van der Waals surface area (Å²) in [6, 6.07) is 12.6. The lowest BCUT2D eigenvalue weighted by Crippen LogP contribution is -2.13. The van der Waals surface area contributed by atoms with Gasteiger partial charge in [0.15, 0.2) is 5.82 Å². The number of rotatable bonds is 5. The van der Waals surface area contributed by atoms with Crippen molar-refractivity contribution in [2.24, 2.45) is 0 Å². The van der Waals surface area contributed by atoms with E-state index in [9.17, 15) is 9.59 Å². The van der Waals surface area contributed by atoms with Crippen molar-refractivity contribution in [1.82, 2.24) is 14.7 Å². The summed E-state index contributed by atoms with van der Waals surface area (Å²) in [7, 11) is 0. The van der Waals surface area contributed by atoms with E-state index in [1.165, 1.54) is 0 Å². The number of anilines is 1. The van der Waals surface area contributed by atoms with Crippen LogP contribution in [-0.2, 0) is 6.54 Å². The van der Waals surface area contributed by atoms with Gasteiger partial charge in [-0.25, -0.2) is 4.79 Å². The smallest absolute Gasteiger partial charge is 0.439 e. The molecule has 1 amide bonds. The van der Waals surface area contributed by atoms with Gasteiger partial charge in [0, 0.05) is 22.6 Å². The number of hydrogen-bond donors (Lipinski definition) is 2. The summed E-state index contributed by atoms with van der Waals surface area (Å²) in [4.78, 5) is 26.3. The van der Waals surface area contributed by atoms with Crippen molar-refractivity contribution < 1.29 is 13.7 Å². The molecule has 28 heavy (non-hydrogen) atoms. The molecule has 4 aromatic rings. The SMILES string of the molecule is Cc1cc(C(=O)Nc2ccc(-c3noc(=O)[nH]3)cc2)c(C)n1Cc1ccco1. The highest BCUT2D eigenvalue weighted by Gasteiger charge is 2.17. The number of amides is 1. The maximum atomic E-state index is 12.7. The Hall–Kier alpha value is -3.81. The van der Waals surface area contributed by atoms with Gasteiger partial charge in [0.1, 0.15) is 5.76 Å². The zero-order valence-corrected chi connectivity index (χ0v) is 15.4. The Morgan fingerprint density at radius 2 is 2.00 bits per heavy atom. The number of hydrogen-bond acceptors (Lipinski definition) is 5. The first-order chi connectivity index (χ1) is 13.5. The van der Waals surface area contributed by atoms with E-state index in [0.717, 1.165) is 17.1 Å². The van der Waals surface area contributed by atoms with Crippen molar-refractivity contribution in [3.63, 3.8) is 0 Å². The van der Waals surface area contributed by atoms with Gasteiger partial charge in [-0.05, 0) is 56.3 Å². The summed E-state index contributed by atoms with van der Waals surface area (Å²) in [5.74, 6) is 0.360. The number of aromatic nitrogens is 3. The molecule has 0 atom stereocenters. The average molecular weight is 378 g/mol. The Balaban J connectivity index is 1.51. The highest BCUT2D eigenvalue weighted by atomic mass is 16.5. The number of nitrogens with one attached hydrogen (secondary N) is 2. The number of carbonyl (C=O) groups excluding carboxylic acids is 1. The maximum absolute atomic E-state index is 12.7. The molecule has 0 fully saturated rings. The lowest BCUT2D eigenvalue weighted by atomic mass is 10.2. The third-order valence-electron chi connectivity index (χ3n) is 4.57. The van der Waals surface area contributed by atoms with E-state index < -0.39 is 5.76 Å². The van der Waals surface area contributed by atoms with E-state index >= 15 is 0 Å². The van der Waals surface area contributed by atoms with Crippen LogP contribution in [0.2, 0.25) is 0 Å². The molecular weight excluding hydrogens is 360 g/mol. The van der Waals surface area contributed by atoms with Crippen LogP contribution >= 0.6 is 0 Å². The predicted molar refractivity (Wildman–Crippen MR) is 102 cm³/mol. The fourth-order valence-corrected chi connectivity index (χ4v) is 3.10. The first-order valence-corrected chi connectivity index (χ1v) is 8.68. The summed E-state index contributed by atoms with van der Waals surface area (Å²) < 4.78 is 11.9. The highest BCUT2D eigenvalue weighted by molar-refractivity contribution is 6.05. The molecule has 0 aliphatic rings. The van der Waals surface area contributed by atoms with Crippen molar-refractivity contribution >= 4 is 11.6 Å². The fraction of sp³-hybridized carbons (Fsp3) is 0.150. The van der Waals surface area contributed by atoms with Crippen LogP contribution in [0.3, 0.4) is 0 Å². The van der Waals surface area contributed by atoms with Crippen LogP contribution in [-0.4, -0.2) is 20.6 Å². The van der Waals surface area contributed by atoms with E-state index in [1.807, 2.05) is 36.6 Å². The number of carbonyl (C=O) groups is 1. The van der Waals surface area contributed by atoms with E-state index in [4.69, 9.17) is 4.42 Å². The van der Waals surface area contributed by atoms with Gasteiger partial charge < -0.3 is 14.3 Å². The molecule has 3 heterocycles. The fourth-order valence-electron chi connectivity index (χ4n) is 3.10. The minimum Gasteiger partial charge on any atom is -0.467 e. The second kappa shape index (κ2) is 7.07. The topological polar surface area (TPSA) is 106 Å². The summed E-state index contributed by atoms with van der Waals surface area (Å²) >= 11 is 0. The van der Waals surface area contributed by atoms with Gasteiger partial charge >= 0.3 is 5.76 Å². The second-order valence-electron chi connectivity index (χ2n) is 6.43. The van der Waals surface area contributed by atoms with E-state index in [-0.39, 0.29) is 5.91 Å². The monoisotopic (exact) mass is 378 g/mol. The zero-order valence-electron chi connectivity index (χ0n) is 15.4. The van der Waals surface area contributed by atoms with Gasteiger partial charge in [0.25, 0.3) is 5.91 Å². The predicted octanol–water partition coefficient (Wildman–Crippen LogP) is 3.34.